The molecule has 0 unspecified atom stereocenters. The minimum atomic E-state index is -0.610. The van der Waals surface area contributed by atoms with Crippen molar-refractivity contribution < 1.29 is 19.1 Å². The molecule has 0 aliphatic carbocycles. The van der Waals surface area contributed by atoms with E-state index in [1.807, 2.05) is 37.3 Å². The fourth-order valence-electron chi connectivity index (χ4n) is 3.70. The Morgan fingerprint density at radius 2 is 2.12 bits per heavy atom. The van der Waals surface area contributed by atoms with Crippen LogP contribution in [-0.4, -0.2) is 35.7 Å². The maximum atomic E-state index is 12.6. The molecular weight excluding hydrogens is 318 g/mol. The van der Waals surface area contributed by atoms with Gasteiger partial charge in [0.05, 0.1) is 0 Å². The molecule has 5 nitrogen and oxygen atoms in total. The molecule has 1 aromatic rings. The largest absolute Gasteiger partial charge is 0.457 e. The minimum Gasteiger partial charge on any atom is -0.457 e. The Morgan fingerprint density at radius 1 is 1.40 bits per heavy atom. The van der Waals surface area contributed by atoms with Gasteiger partial charge in [-0.3, -0.25) is 4.90 Å². The predicted octanol–water partition coefficient (Wildman–Crippen LogP) is 3.32. The van der Waals surface area contributed by atoms with Crippen LogP contribution in [0.25, 0.3) is 0 Å². The van der Waals surface area contributed by atoms with Crippen molar-refractivity contribution in [2.75, 3.05) is 6.54 Å². The Morgan fingerprint density at radius 3 is 2.76 bits per heavy atom. The van der Waals surface area contributed by atoms with Crippen LogP contribution in [0, 0.1) is 11.8 Å². The third-order valence-corrected chi connectivity index (χ3v) is 5.00. The molecule has 25 heavy (non-hydrogen) atoms. The van der Waals surface area contributed by atoms with Gasteiger partial charge in [0.1, 0.15) is 18.8 Å². The molecule has 132 valence electrons. The first-order valence-corrected chi connectivity index (χ1v) is 8.47. The van der Waals surface area contributed by atoms with E-state index >= 15 is 0 Å². The van der Waals surface area contributed by atoms with Crippen LogP contribution < -0.4 is 0 Å². The van der Waals surface area contributed by atoms with E-state index in [0.29, 0.717) is 13.0 Å². The smallest absolute Gasteiger partial charge is 0.410 e. The summed E-state index contributed by atoms with van der Waals surface area (Å²) in [5.74, 6) is -0.336. The zero-order valence-corrected chi connectivity index (χ0v) is 14.4. The van der Waals surface area contributed by atoms with Crippen molar-refractivity contribution in [2.24, 2.45) is 11.8 Å². The number of cyclic esters (lactones) is 1. The van der Waals surface area contributed by atoms with Gasteiger partial charge in [-0.25, -0.2) is 9.59 Å². The summed E-state index contributed by atoms with van der Waals surface area (Å²) >= 11 is 0. The van der Waals surface area contributed by atoms with Crippen LogP contribution in [0.3, 0.4) is 0 Å². The van der Waals surface area contributed by atoms with Gasteiger partial charge in [0, 0.05) is 18.4 Å². The van der Waals surface area contributed by atoms with E-state index in [9.17, 15) is 9.59 Å². The summed E-state index contributed by atoms with van der Waals surface area (Å²) in [7, 11) is 0. The summed E-state index contributed by atoms with van der Waals surface area (Å²) in [6.07, 6.45) is 1.49. The predicted molar refractivity (Wildman–Crippen MR) is 93.6 cm³/mol. The molecule has 3 rings (SSSR count). The molecule has 1 amide bonds. The zero-order valence-electron chi connectivity index (χ0n) is 14.4. The van der Waals surface area contributed by atoms with Crippen LogP contribution in [-0.2, 0) is 20.9 Å². The van der Waals surface area contributed by atoms with Gasteiger partial charge >= 0.3 is 12.1 Å². The van der Waals surface area contributed by atoms with Gasteiger partial charge in [-0.15, -0.1) is 0 Å². The van der Waals surface area contributed by atoms with Crippen LogP contribution in [0.1, 0.15) is 18.9 Å². The molecule has 0 bridgehead atoms. The van der Waals surface area contributed by atoms with Crippen molar-refractivity contribution in [1.29, 1.82) is 0 Å². The normalized spacial score (nSPS) is 28.0. The molecule has 2 fully saturated rings. The maximum absolute atomic E-state index is 12.6. The Hall–Kier alpha value is -2.56. The zero-order chi connectivity index (χ0) is 18.0. The first kappa shape index (κ1) is 17.3. The van der Waals surface area contributed by atoms with Gasteiger partial charge < -0.3 is 9.47 Å². The Labute approximate surface area is 147 Å². The molecule has 1 aromatic carbocycles. The van der Waals surface area contributed by atoms with Crippen LogP contribution in [0.15, 0.2) is 55.1 Å². The molecule has 5 heteroatoms. The van der Waals surface area contributed by atoms with E-state index in [2.05, 4.69) is 13.2 Å². The Balaban J connectivity index is 1.74. The van der Waals surface area contributed by atoms with Gasteiger partial charge in [0.15, 0.2) is 0 Å². The third kappa shape index (κ3) is 3.45. The summed E-state index contributed by atoms with van der Waals surface area (Å²) in [6, 6.07) is 8.85. The number of carbonyl (C=O) groups is 2. The number of ether oxygens (including phenoxy) is 2. The number of rotatable bonds is 4. The first-order chi connectivity index (χ1) is 12.0. The average molecular weight is 341 g/mol. The van der Waals surface area contributed by atoms with Crippen molar-refractivity contribution in [3.63, 3.8) is 0 Å². The number of benzene rings is 1. The Kier molecular flexibility index (Phi) is 4.93. The number of likely N-dealkylation sites (tertiary alicyclic amines) is 1. The molecule has 2 aliphatic rings. The molecule has 2 heterocycles. The molecule has 2 saturated heterocycles. The molecular formula is C20H23NO4. The van der Waals surface area contributed by atoms with Gasteiger partial charge in [0.2, 0.25) is 0 Å². The van der Waals surface area contributed by atoms with E-state index in [1.165, 1.54) is 4.90 Å². The van der Waals surface area contributed by atoms with Crippen LogP contribution in [0.5, 0.6) is 0 Å². The maximum Gasteiger partial charge on any atom is 0.410 e. The highest BCUT2D eigenvalue weighted by Gasteiger charge is 2.52. The second-order valence-electron chi connectivity index (χ2n) is 6.70. The third-order valence-electron chi connectivity index (χ3n) is 5.00. The monoisotopic (exact) mass is 341 g/mol. The average Bonchev–Trinajstić information content (AvgIpc) is 3.01. The van der Waals surface area contributed by atoms with E-state index in [1.54, 1.807) is 6.08 Å². The number of amides is 1. The van der Waals surface area contributed by atoms with Crippen molar-refractivity contribution >= 4 is 12.1 Å². The lowest BCUT2D eigenvalue weighted by molar-refractivity contribution is -0.160. The summed E-state index contributed by atoms with van der Waals surface area (Å²) in [4.78, 5) is 26.5. The van der Waals surface area contributed by atoms with Gasteiger partial charge in [-0.05, 0) is 18.9 Å². The minimum absolute atomic E-state index is 0.00831. The molecule has 0 spiro atoms. The molecule has 0 radical (unpaired) electrons. The fourth-order valence-corrected chi connectivity index (χ4v) is 3.70. The summed E-state index contributed by atoms with van der Waals surface area (Å²) < 4.78 is 10.8. The first-order valence-electron chi connectivity index (χ1n) is 8.47. The van der Waals surface area contributed by atoms with Gasteiger partial charge in [-0.2, -0.15) is 0 Å². The Bertz CT molecular complexity index is 684. The molecule has 0 N–H and O–H groups in total. The lowest BCUT2D eigenvalue weighted by Gasteiger charge is -2.33. The van der Waals surface area contributed by atoms with E-state index in [4.69, 9.17) is 9.47 Å². The number of hydrogen-bond acceptors (Lipinski definition) is 4. The lowest BCUT2D eigenvalue weighted by atomic mass is 9.81. The summed E-state index contributed by atoms with van der Waals surface area (Å²) in [5, 5.41) is 0. The lowest BCUT2D eigenvalue weighted by Crippen LogP contribution is -2.49. The van der Waals surface area contributed by atoms with Gasteiger partial charge in [-0.1, -0.05) is 55.1 Å². The fraction of sp³-hybridized carbons (Fsp3) is 0.400. The van der Waals surface area contributed by atoms with Crippen LogP contribution >= 0.6 is 0 Å². The second kappa shape index (κ2) is 7.13. The summed E-state index contributed by atoms with van der Waals surface area (Å²) in [6.45, 7) is 10.3. The topological polar surface area (TPSA) is 55.8 Å². The summed E-state index contributed by atoms with van der Waals surface area (Å²) in [5.41, 5.74) is 1.87. The van der Waals surface area contributed by atoms with E-state index < -0.39 is 12.1 Å². The number of nitrogens with zero attached hydrogens (tertiary/aromatic N) is 1. The SMILES string of the molecule is C=C[C@@H]1C[C@H]2[C@@H](C(=C)C)CN(C(=O)OCc3ccccc3)[C@H]2C(=O)O1. The van der Waals surface area contributed by atoms with Crippen LogP contribution in [0.4, 0.5) is 4.79 Å². The number of esters is 1. The molecule has 2 aliphatic heterocycles. The van der Waals surface area contributed by atoms with Crippen LogP contribution in [0.2, 0.25) is 0 Å². The van der Waals surface area contributed by atoms with Crippen molar-refractivity contribution in [1.82, 2.24) is 4.90 Å². The van der Waals surface area contributed by atoms with Crippen molar-refractivity contribution in [3.8, 4) is 0 Å². The standard InChI is InChI=1S/C20H23NO4/c1-4-15-10-16-17(13(2)3)11-21(18(16)19(22)25-15)20(23)24-12-14-8-6-5-7-9-14/h4-9,15-18H,1-2,10-12H2,3H3/t15-,16+,17-,18-/m1/s1. The van der Waals surface area contributed by atoms with E-state index in [0.717, 1.165) is 11.1 Å². The quantitative estimate of drug-likeness (QED) is 0.623. The highest BCUT2D eigenvalue weighted by molar-refractivity contribution is 5.83. The highest BCUT2D eigenvalue weighted by Crippen LogP contribution is 2.41. The number of hydrogen-bond donors (Lipinski definition) is 0. The van der Waals surface area contributed by atoms with Gasteiger partial charge in [0.25, 0.3) is 0 Å². The van der Waals surface area contributed by atoms with Crippen molar-refractivity contribution in [2.45, 2.75) is 32.1 Å². The molecule has 4 atom stereocenters. The second-order valence-corrected chi connectivity index (χ2v) is 6.70. The molecule has 0 aromatic heterocycles. The van der Waals surface area contributed by atoms with E-state index in [-0.39, 0.29) is 30.5 Å². The highest BCUT2D eigenvalue weighted by atomic mass is 16.6. The van der Waals surface area contributed by atoms with Crippen molar-refractivity contribution in [3.05, 3.63) is 60.7 Å². The molecule has 0 saturated carbocycles. The number of fused-ring (bicyclic) bond motifs is 1. The number of carbonyl (C=O) groups excluding carboxylic acids is 2.